The molecule has 3 aliphatic rings. The molecule has 2 aromatic rings. The number of amides is 3. The van der Waals surface area contributed by atoms with Crippen LogP contribution in [0.1, 0.15) is 48.2 Å². The molecule has 11 heteroatoms. The predicted octanol–water partition coefficient (Wildman–Crippen LogP) is 4.54. The Morgan fingerprint density at radius 2 is 1.85 bits per heavy atom. The van der Waals surface area contributed by atoms with Crippen LogP contribution in [0.15, 0.2) is 30.3 Å². The van der Waals surface area contributed by atoms with Gasteiger partial charge in [0.25, 0.3) is 11.8 Å². The zero-order valence-electron chi connectivity index (χ0n) is 21.8. The van der Waals surface area contributed by atoms with Crippen LogP contribution < -0.4 is 15.5 Å². The molecular formula is C28H34ClFN4O4S. The molecule has 1 atom stereocenters. The van der Waals surface area contributed by atoms with Crippen LogP contribution in [-0.2, 0) is 14.3 Å². The number of hydrogen-bond acceptors (Lipinski definition) is 6. The van der Waals surface area contributed by atoms with E-state index >= 15 is 4.39 Å². The molecular weight excluding hydrogens is 543 g/mol. The largest absolute Gasteiger partial charge is 0.370 e. The molecule has 3 fully saturated rings. The van der Waals surface area contributed by atoms with E-state index in [1.54, 1.807) is 18.2 Å². The summed E-state index contributed by atoms with van der Waals surface area (Å²) in [5.74, 6) is -0.397. The van der Waals surface area contributed by atoms with Gasteiger partial charge in [0.15, 0.2) is 0 Å². The average Bonchev–Trinajstić information content (AvgIpc) is 3.30. The van der Waals surface area contributed by atoms with Crippen molar-refractivity contribution >= 4 is 52.0 Å². The first kappa shape index (κ1) is 28.0. The fourth-order valence-electron chi connectivity index (χ4n) is 5.25. The number of rotatable bonds is 11. The Labute approximate surface area is 236 Å². The van der Waals surface area contributed by atoms with Gasteiger partial charge in [-0.2, -0.15) is 0 Å². The number of nitrogens with zero attached hydrogens (tertiary/aromatic N) is 2. The first-order chi connectivity index (χ1) is 18.9. The number of ether oxygens (including phenoxy) is 1. The summed E-state index contributed by atoms with van der Waals surface area (Å²) in [7, 11) is 0. The lowest BCUT2D eigenvalue weighted by atomic mass is 9.82. The summed E-state index contributed by atoms with van der Waals surface area (Å²) in [6.07, 6.45) is 6.97. The summed E-state index contributed by atoms with van der Waals surface area (Å²) >= 11 is 7.20. The first-order valence-electron chi connectivity index (χ1n) is 13.6. The summed E-state index contributed by atoms with van der Waals surface area (Å²) in [4.78, 5) is 42.7. The summed E-state index contributed by atoms with van der Waals surface area (Å²) in [6.45, 7) is 2.25. The van der Waals surface area contributed by atoms with E-state index in [2.05, 4.69) is 15.5 Å². The average molecular weight is 577 g/mol. The number of halogens is 2. The van der Waals surface area contributed by atoms with E-state index in [1.807, 2.05) is 0 Å². The van der Waals surface area contributed by atoms with E-state index in [4.69, 9.17) is 16.3 Å². The van der Waals surface area contributed by atoms with Crippen LogP contribution in [0, 0.1) is 17.7 Å². The molecule has 1 aliphatic heterocycles. The molecule has 1 aromatic carbocycles. The highest BCUT2D eigenvalue weighted by atomic mass is 35.5. The zero-order valence-corrected chi connectivity index (χ0v) is 23.4. The standard InChI is InChI=1S/C28H34ClFN4O4S/c29-25-10-9-24(39-25)28(37)31-14-23(33(15-18-3-1-4-18)16-19-5-2-6-19)27(36)32-20-7-8-22(21(30)13-20)34-11-12-38-17-26(34)35/h7-10,13,18-19,23H,1-6,11-12,14-17H2,(H,31,37)(H,32,36)/t23-/m1/s1. The van der Waals surface area contributed by atoms with Crippen molar-refractivity contribution < 1.29 is 23.5 Å². The van der Waals surface area contributed by atoms with Crippen LogP contribution in [-0.4, -0.2) is 68.1 Å². The third-order valence-electron chi connectivity index (χ3n) is 7.92. The van der Waals surface area contributed by atoms with Gasteiger partial charge >= 0.3 is 0 Å². The Hall–Kier alpha value is -2.53. The van der Waals surface area contributed by atoms with Crippen LogP contribution in [0.5, 0.6) is 0 Å². The van der Waals surface area contributed by atoms with Gasteiger partial charge in [-0.15, -0.1) is 11.3 Å². The Morgan fingerprint density at radius 3 is 2.41 bits per heavy atom. The van der Waals surface area contributed by atoms with Gasteiger partial charge in [-0.3, -0.25) is 19.3 Å². The molecule has 2 heterocycles. The predicted molar refractivity (Wildman–Crippen MR) is 150 cm³/mol. The molecule has 0 spiro atoms. The van der Waals surface area contributed by atoms with Crippen LogP contribution in [0.3, 0.4) is 0 Å². The van der Waals surface area contributed by atoms with Gasteiger partial charge in [0.1, 0.15) is 18.5 Å². The third-order valence-corrected chi connectivity index (χ3v) is 9.15. The lowest BCUT2D eigenvalue weighted by Gasteiger charge is -2.40. The Morgan fingerprint density at radius 1 is 1.13 bits per heavy atom. The second-order valence-corrected chi connectivity index (χ2v) is 12.3. The quantitative estimate of drug-likeness (QED) is 0.410. The zero-order chi connectivity index (χ0) is 27.4. The van der Waals surface area contributed by atoms with Gasteiger partial charge in [0.2, 0.25) is 5.91 Å². The molecule has 0 unspecified atom stereocenters. The normalized spacial score (nSPS) is 18.9. The Kier molecular flexibility index (Phi) is 9.17. The van der Waals surface area contributed by atoms with Gasteiger partial charge in [-0.25, -0.2) is 4.39 Å². The third kappa shape index (κ3) is 6.98. The van der Waals surface area contributed by atoms with Gasteiger partial charge in [0, 0.05) is 31.9 Å². The van der Waals surface area contributed by atoms with Crippen molar-refractivity contribution in [3.8, 4) is 0 Å². The molecule has 39 heavy (non-hydrogen) atoms. The van der Waals surface area contributed by atoms with Crippen molar-refractivity contribution in [3.63, 3.8) is 0 Å². The van der Waals surface area contributed by atoms with E-state index in [-0.39, 0.29) is 43.1 Å². The molecule has 210 valence electrons. The van der Waals surface area contributed by atoms with Crippen molar-refractivity contribution in [3.05, 3.63) is 45.4 Å². The number of morpholine rings is 1. The highest BCUT2D eigenvalue weighted by Gasteiger charge is 2.33. The van der Waals surface area contributed by atoms with Crippen molar-refractivity contribution in [1.82, 2.24) is 10.2 Å². The lowest BCUT2D eigenvalue weighted by molar-refractivity contribution is -0.125. The molecule has 2 saturated carbocycles. The second-order valence-electron chi connectivity index (χ2n) is 10.6. The maximum Gasteiger partial charge on any atom is 0.261 e. The van der Waals surface area contributed by atoms with Crippen molar-refractivity contribution in [2.45, 2.75) is 44.6 Å². The second kappa shape index (κ2) is 12.8. The molecule has 3 amide bonds. The summed E-state index contributed by atoms with van der Waals surface area (Å²) < 4.78 is 20.7. The van der Waals surface area contributed by atoms with E-state index in [9.17, 15) is 14.4 Å². The van der Waals surface area contributed by atoms with E-state index < -0.39 is 11.9 Å². The molecule has 5 rings (SSSR count). The van der Waals surface area contributed by atoms with Gasteiger partial charge in [-0.05, 0) is 67.9 Å². The van der Waals surface area contributed by atoms with E-state index in [0.29, 0.717) is 33.3 Å². The molecule has 1 aromatic heterocycles. The SMILES string of the molecule is O=C(NC[C@H](C(=O)Nc1ccc(N2CCOCC2=O)c(F)c1)N(CC1CCC1)CC1CCC1)c1ccc(Cl)s1. The topological polar surface area (TPSA) is 91.0 Å². The molecule has 0 bridgehead atoms. The minimum Gasteiger partial charge on any atom is -0.370 e. The highest BCUT2D eigenvalue weighted by Crippen LogP contribution is 2.32. The fraction of sp³-hybridized carbons (Fsp3) is 0.536. The summed E-state index contributed by atoms with van der Waals surface area (Å²) in [5, 5.41) is 5.80. The number of carbonyl (C=O) groups excluding carboxylic acids is 3. The van der Waals surface area contributed by atoms with Crippen molar-refractivity contribution in [2.24, 2.45) is 11.8 Å². The molecule has 2 aliphatic carbocycles. The molecule has 0 radical (unpaired) electrons. The van der Waals surface area contributed by atoms with Crippen LogP contribution >= 0.6 is 22.9 Å². The fourth-order valence-corrected chi connectivity index (χ4v) is 6.20. The number of benzene rings is 1. The number of nitrogens with one attached hydrogen (secondary N) is 2. The van der Waals surface area contributed by atoms with Crippen molar-refractivity contribution in [1.29, 1.82) is 0 Å². The van der Waals surface area contributed by atoms with Crippen LogP contribution in [0.2, 0.25) is 4.34 Å². The summed E-state index contributed by atoms with van der Waals surface area (Å²) in [5.41, 5.74) is 0.465. The van der Waals surface area contributed by atoms with Crippen LogP contribution in [0.25, 0.3) is 0 Å². The van der Waals surface area contributed by atoms with Crippen molar-refractivity contribution in [2.75, 3.05) is 49.6 Å². The number of hydrogen-bond donors (Lipinski definition) is 2. The number of thiophene rings is 1. The molecule has 1 saturated heterocycles. The van der Waals surface area contributed by atoms with E-state index in [1.165, 1.54) is 41.2 Å². The Bertz CT molecular complexity index is 1190. The summed E-state index contributed by atoms with van der Waals surface area (Å²) in [6, 6.07) is 7.07. The number of carbonyl (C=O) groups is 3. The molecule has 2 N–H and O–H groups in total. The van der Waals surface area contributed by atoms with Gasteiger partial charge in [-0.1, -0.05) is 24.4 Å². The van der Waals surface area contributed by atoms with E-state index in [0.717, 1.165) is 38.8 Å². The minimum absolute atomic E-state index is 0.0825. The minimum atomic E-state index is -0.617. The lowest BCUT2D eigenvalue weighted by Crippen LogP contribution is -2.54. The maximum absolute atomic E-state index is 15.0. The van der Waals surface area contributed by atoms with Gasteiger partial charge < -0.3 is 20.3 Å². The van der Waals surface area contributed by atoms with Crippen LogP contribution in [0.4, 0.5) is 15.8 Å². The monoisotopic (exact) mass is 576 g/mol. The molecule has 8 nitrogen and oxygen atoms in total. The highest BCUT2D eigenvalue weighted by molar-refractivity contribution is 7.18. The van der Waals surface area contributed by atoms with Gasteiger partial charge in [0.05, 0.1) is 21.5 Å². The first-order valence-corrected chi connectivity index (χ1v) is 14.8. The number of anilines is 2. The Balaban J connectivity index is 1.32. The maximum atomic E-state index is 15.0. The smallest absolute Gasteiger partial charge is 0.261 e.